The van der Waals surface area contributed by atoms with Crippen molar-refractivity contribution in [1.29, 1.82) is 0 Å². The SMILES string of the molecule is COC(=O)CCCS(=O)(=O)Nc1ccc(NC(N)=O)cc1. The molecule has 21 heavy (non-hydrogen) atoms. The van der Waals surface area contributed by atoms with Crippen LogP contribution in [0.25, 0.3) is 0 Å². The number of urea groups is 1. The summed E-state index contributed by atoms with van der Waals surface area (Å²) < 4.78 is 30.4. The van der Waals surface area contributed by atoms with E-state index in [-0.39, 0.29) is 18.6 Å². The third kappa shape index (κ3) is 6.61. The molecule has 9 heteroatoms. The number of nitrogens with one attached hydrogen (secondary N) is 2. The molecule has 0 aliphatic heterocycles. The zero-order valence-electron chi connectivity index (χ0n) is 11.5. The Bertz CT molecular complexity index is 598. The topological polar surface area (TPSA) is 128 Å². The molecule has 0 radical (unpaired) electrons. The van der Waals surface area contributed by atoms with Gasteiger partial charge in [-0.3, -0.25) is 9.52 Å². The third-order valence-electron chi connectivity index (χ3n) is 2.45. The van der Waals surface area contributed by atoms with Crippen molar-refractivity contribution in [3.05, 3.63) is 24.3 Å². The minimum Gasteiger partial charge on any atom is -0.469 e. The lowest BCUT2D eigenvalue weighted by atomic mass is 10.3. The number of amides is 2. The van der Waals surface area contributed by atoms with Crippen LogP contribution in [0.1, 0.15) is 12.8 Å². The molecule has 0 saturated carbocycles. The standard InChI is InChI=1S/C12H17N3O5S/c1-20-11(16)3-2-8-21(18,19)15-10-6-4-9(5-7-10)14-12(13)17/h4-7,15H,2-3,8H2,1H3,(H3,13,14,17). The number of nitrogens with two attached hydrogens (primary N) is 1. The highest BCUT2D eigenvalue weighted by atomic mass is 32.2. The quantitative estimate of drug-likeness (QED) is 0.643. The smallest absolute Gasteiger partial charge is 0.316 e. The van der Waals surface area contributed by atoms with E-state index in [0.29, 0.717) is 11.4 Å². The van der Waals surface area contributed by atoms with Crippen LogP contribution in [-0.4, -0.2) is 33.3 Å². The fraction of sp³-hybridized carbons (Fsp3) is 0.333. The molecule has 0 unspecified atom stereocenters. The molecule has 0 heterocycles. The Balaban J connectivity index is 2.54. The van der Waals surface area contributed by atoms with Crippen LogP contribution < -0.4 is 15.8 Å². The maximum atomic E-state index is 11.8. The number of anilines is 2. The molecule has 4 N–H and O–H groups in total. The van der Waals surface area contributed by atoms with Crippen molar-refractivity contribution in [2.75, 3.05) is 22.9 Å². The first-order chi connectivity index (χ1) is 9.82. The summed E-state index contributed by atoms with van der Waals surface area (Å²) in [6, 6.07) is 5.30. The Kier molecular flexibility index (Phi) is 5.97. The number of sulfonamides is 1. The lowest BCUT2D eigenvalue weighted by molar-refractivity contribution is -0.140. The predicted octanol–water partition coefficient (Wildman–Crippen LogP) is 0.872. The monoisotopic (exact) mass is 315 g/mol. The van der Waals surface area contributed by atoms with Crippen molar-refractivity contribution in [3.63, 3.8) is 0 Å². The van der Waals surface area contributed by atoms with E-state index < -0.39 is 22.0 Å². The summed E-state index contributed by atoms with van der Waals surface area (Å²) in [4.78, 5) is 21.5. The third-order valence-corrected chi connectivity index (χ3v) is 3.82. The normalized spacial score (nSPS) is 10.7. The number of carbonyl (C=O) groups excluding carboxylic acids is 2. The first-order valence-electron chi connectivity index (χ1n) is 6.06. The van der Waals surface area contributed by atoms with Crippen molar-refractivity contribution in [2.24, 2.45) is 5.73 Å². The van der Waals surface area contributed by atoms with Gasteiger partial charge in [0.05, 0.1) is 12.9 Å². The Labute approximate surface area is 122 Å². The number of primary amides is 1. The molecule has 0 spiro atoms. The molecule has 0 aliphatic rings. The molecule has 0 atom stereocenters. The molecule has 0 aromatic heterocycles. The summed E-state index contributed by atoms with van der Waals surface area (Å²) in [5.41, 5.74) is 5.76. The van der Waals surface area contributed by atoms with Gasteiger partial charge in [0.25, 0.3) is 0 Å². The van der Waals surface area contributed by atoms with Gasteiger partial charge in [0.15, 0.2) is 0 Å². The summed E-state index contributed by atoms with van der Waals surface area (Å²) in [5, 5.41) is 2.36. The molecule has 1 rings (SSSR count). The molecule has 0 fully saturated rings. The number of hydrogen-bond donors (Lipinski definition) is 3. The molecule has 1 aromatic carbocycles. The molecule has 8 nitrogen and oxygen atoms in total. The lowest BCUT2D eigenvalue weighted by Gasteiger charge is -2.08. The average molecular weight is 315 g/mol. The zero-order chi connectivity index (χ0) is 15.9. The van der Waals surface area contributed by atoms with E-state index >= 15 is 0 Å². The number of carbonyl (C=O) groups is 2. The highest BCUT2D eigenvalue weighted by Crippen LogP contribution is 2.15. The van der Waals surface area contributed by atoms with Crippen LogP contribution in [0.2, 0.25) is 0 Å². The van der Waals surface area contributed by atoms with Crippen molar-refractivity contribution in [1.82, 2.24) is 0 Å². The maximum absolute atomic E-state index is 11.8. The van der Waals surface area contributed by atoms with Crippen LogP contribution in [0.3, 0.4) is 0 Å². The summed E-state index contributed by atoms with van der Waals surface area (Å²) in [7, 11) is -2.30. The van der Waals surface area contributed by atoms with Gasteiger partial charge >= 0.3 is 12.0 Å². The molecule has 1 aromatic rings. The number of esters is 1. The van der Waals surface area contributed by atoms with Gasteiger partial charge in [-0.05, 0) is 30.7 Å². The molecule has 0 bridgehead atoms. The molecule has 2 amide bonds. The second kappa shape index (κ2) is 7.48. The first kappa shape index (κ1) is 16.8. The van der Waals surface area contributed by atoms with E-state index in [9.17, 15) is 18.0 Å². The van der Waals surface area contributed by atoms with Crippen LogP contribution in [0.5, 0.6) is 0 Å². The Morgan fingerprint density at radius 3 is 2.29 bits per heavy atom. The van der Waals surface area contributed by atoms with Crippen LogP contribution in [0.4, 0.5) is 16.2 Å². The minimum atomic E-state index is -3.54. The second-order valence-corrected chi connectivity index (χ2v) is 6.01. The highest BCUT2D eigenvalue weighted by Gasteiger charge is 2.12. The van der Waals surface area contributed by atoms with Gasteiger partial charge < -0.3 is 15.8 Å². The van der Waals surface area contributed by atoms with Gasteiger partial charge in [-0.2, -0.15) is 0 Å². The lowest BCUT2D eigenvalue weighted by Crippen LogP contribution is -2.19. The van der Waals surface area contributed by atoms with Crippen LogP contribution >= 0.6 is 0 Å². The number of methoxy groups -OCH3 is 1. The fourth-order valence-electron chi connectivity index (χ4n) is 1.50. The predicted molar refractivity (Wildman–Crippen MR) is 78.3 cm³/mol. The number of hydrogen-bond acceptors (Lipinski definition) is 5. The van der Waals surface area contributed by atoms with E-state index in [0.717, 1.165) is 0 Å². The second-order valence-electron chi connectivity index (χ2n) is 4.17. The van der Waals surface area contributed by atoms with Crippen molar-refractivity contribution >= 4 is 33.4 Å². The maximum Gasteiger partial charge on any atom is 0.316 e. The summed E-state index contributed by atoms with van der Waals surface area (Å²) >= 11 is 0. The largest absolute Gasteiger partial charge is 0.469 e. The number of benzene rings is 1. The van der Waals surface area contributed by atoms with Crippen LogP contribution in [0.15, 0.2) is 24.3 Å². The van der Waals surface area contributed by atoms with Crippen LogP contribution in [0, 0.1) is 0 Å². The molecular formula is C12H17N3O5S. The number of ether oxygens (including phenoxy) is 1. The molecular weight excluding hydrogens is 298 g/mol. The van der Waals surface area contributed by atoms with E-state index in [4.69, 9.17) is 5.73 Å². The van der Waals surface area contributed by atoms with Gasteiger partial charge in [0.2, 0.25) is 10.0 Å². The van der Waals surface area contributed by atoms with E-state index in [1.165, 1.54) is 31.4 Å². The highest BCUT2D eigenvalue weighted by molar-refractivity contribution is 7.92. The van der Waals surface area contributed by atoms with Gasteiger partial charge in [-0.25, -0.2) is 13.2 Å². The average Bonchev–Trinajstić information content (AvgIpc) is 2.39. The Morgan fingerprint density at radius 2 is 1.76 bits per heavy atom. The Morgan fingerprint density at radius 1 is 1.19 bits per heavy atom. The van der Waals surface area contributed by atoms with Gasteiger partial charge in [0.1, 0.15) is 0 Å². The first-order valence-corrected chi connectivity index (χ1v) is 7.71. The van der Waals surface area contributed by atoms with Crippen molar-refractivity contribution in [2.45, 2.75) is 12.8 Å². The van der Waals surface area contributed by atoms with E-state index in [1.807, 2.05) is 0 Å². The molecule has 0 saturated heterocycles. The van der Waals surface area contributed by atoms with Crippen molar-refractivity contribution < 1.29 is 22.7 Å². The summed E-state index contributed by atoms with van der Waals surface area (Å²) in [5.74, 6) is -0.643. The number of rotatable bonds is 7. The molecule has 0 aliphatic carbocycles. The van der Waals surface area contributed by atoms with Gasteiger partial charge in [0, 0.05) is 17.8 Å². The van der Waals surface area contributed by atoms with Gasteiger partial charge in [-0.1, -0.05) is 0 Å². The van der Waals surface area contributed by atoms with E-state index in [1.54, 1.807) is 0 Å². The van der Waals surface area contributed by atoms with E-state index in [2.05, 4.69) is 14.8 Å². The minimum absolute atomic E-state index is 0.0406. The van der Waals surface area contributed by atoms with Gasteiger partial charge in [-0.15, -0.1) is 0 Å². The summed E-state index contributed by atoms with van der Waals surface area (Å²) in [6.45, 7) is 0. The zero-order valence-corrected chi connectivity index (χ0v) is 12.3. The molecule has 116 valence electrons. The summed E-state index contributed by atoms with van der Waals surface area (Å²) in [6.07, 6.45) is 0.211. The Hall–Kier alpha value is -2.29. The van der Waals surface area contributed by atoms with Crippen LogP contribution in [-0.2, 0) is 19.6 Å². The fourth-order valence-corrected chi connectivity index (χ4v) is 2.62. The van der Waals surface area contributed by atoms with Crippen molar-refractivity contribution in [3.8, 4) is 0 Å².